The summed E-state index contributed by atoms with van der Waals surface area (Å²) in [5, 5.41) is 13.1. The molecule has 102 valence electrons. The van der Waals surface area contributed by atoms with Crippen molar-refractivity contribution in [3.8, 4) is 6.07 Å². The van der Waals surface area contributed by atoms with Crippen LogP contribution in [0, 0.1) is 11.3 Å². The van der Waals surface area contributed by atoms with Crippen LogP contribution >= 0.6 is 23.2 Å². The maximum absolute atomic E-state index is 8.64. The molecule has 0 aliphatic rings. The summed E-state index contributed by atoms with van der Waals surface area (Å²) in [6.07, 6.45) is 0.433. The van der Waals surface area contributed by atoms with E-state index in [2.05, 4.69) is 18.3 Å². The number of benzene rings is 2. The summed E-state index contributed by atoms with van der Waals surface area (Å²) in [6, 6.07) is 15.7. The van der Waals surface area contributed by atoms with Crippen LogP contribution in [0.15, 0.2) is 42.5 Å². The van der Waals surface area contributed by atoms with Crippen LogP contribution in [0.1, 0.15) is 24.1 Å². The highest BCUT2D eigenvalue weighted by atomic mass is 35.5. The van der Waals surface area contributed by atoms with Crippen molar-refractivity contribution in [2.24, 2.45) is 0 Å². The van der Waals surface area contributed by atoms with E-state index >= 15 is 0 Å². The Hall–Kier alpha value is -1.69. The molecule has 2 nitrogen and oxygen atoms in total. The third-order valence-electron chi connectivity index (χ3n) is 3.06. The highest BCUT2D eigenvalue weighted by Crippen LogP contribution is 2.27. The molecule has 2 aromatic carbocycles. The molecule has 1 atom stereocenters. The molecule has 1 unspecified atom stereocenters. The third kappa shape index (κ3) is 3.66. The summed E-state index contributed by atoms with van der Waals surface area (Å²) in [5.41, 5.74) is 3.09. The zero-order chi connectivity index (χ0) is 14.5. The molecule has 20 heavy (non-hydrogen) atoms. The van der Waals surface area contributed by atoms with Crippen LogP contribution in [-0.2, 0) is 6.42 Å². The van der Waals surface area contributed by atoms with E-state index in [-0.39, 0.29) is 6.04 Å². The normalized spacial score (nSPS) is 11.7. The minimum atomic E-state index is 0.117. The molecule has 0 spiro atoms. The Kier molecular flexibility index (Phi) is 4.89. The molecule has 0 aliphatic heterocycles. The molecule has 0 aromatic heterocycles. The number of nitrogens with one attached hydrogen (secondary N) is 1. The van der Waals surface area contributed by atoms with E-state index in [1.807, 2.05) is 36.4 Å². The van der Waals surface area contributed by atoms with E-state index in [1.54, 1.807) is 6.07 Å². The van der Waals surface area contributed by atoms with Crippen LogP contribution in [0.25, 0.3) is 0 Å². The summed E-state index contributed by atoms with van der Waals surface area (Å²) in [7, 11) is 0. The minimum Gasteiger partial charge on any atom is -0.379 e. The standard InChI is InChI=1S/C16H14Cl2N2/c1-11(13-4-7-15(17)16(18)10-13)20-14-5-2-12(3-6-14)8-9-19/h2-7,10-11,20H,8H2,1H3. The fourth-order valence-electron chi connectivity index (χ4n) is 1.93. The zero-order valence-corrected chi connectivity index (χ0v) is 12.5. The number of hydrogen-bond donors (Lipinski definition) is 1. The molecule has 0 amide bonds. The van der Waals surface area contributed by atoms with Gasteiger partial charge in [0.15, 0.2) is 0 Å². The first kappa shape index (κ1) is 14.7. The molecule has 0 radical (unpaired) electrons. The van der Waals surface area contributed by atoms with Crippen LogP contribution in [0.3, 0.4) is 0 Å². The monoisotopic (exact) mass is 304 g/mol. The van der Waals surface area contributed by atoms with Gasteiger partial charge in [-0.1, -0.05) is 41.4 Å². The lowest BCUT2D eigenvalue weighted by molar-refractivity contribution is 0.885. The van der Waals surface area contributed by atoms with Gasteiger partial charge in [-0.05, 0) is 42.3 Å². The van der Waals surface area contributed by atoms with Crippen molar-refractivity contribution in [2.75, 3.05) is 5.32 Å². The summed E-state index contributed by atoms with van der Waals surface area (Å²) in [5.74, 6) is 0. The van der Waals surface area contributed by atoms with Gasteiger partial charge in [0.2, 0.25) is 0 Å². The zero-order valence-electron chi connectivity index (χ0n) is 11.0. The third-order valence-corrected chi connectivity index (χ3v) is 3.80. The van der Waals surface area contributed by atoms with E-state index < -0.39 is 0 Å². The van der Waals surface area contributed by atoms with Crippen molar-refractivity contribution < 1.29 is 0 Å². The van der Waals surface area contributed by atoms with Gasteiger partial charge >= 0.3 is 0 Å². The largest absolute Gasteiger partial charge is 0.379 e. The number of nitrogens with zero attached hydrogens (tertiary/aromatic N) is 1. The molecule has 4 heteroatoms. The first-order valence-electron chi connectivity index (χ1n) is 6.27. The van der Waals surface area contributed by atoms with Gasteiger partial charge in [-0.15, -0.1) is 0 Å². The van der Waals surface area contributed by atoms with Gasteiger partial charge in [0, 0.05) is 11.7 Å². The average molecular weight is 305 g/mol. The lowest BCUT2D eigenvalue weighted by Gasteiger charge is -2.16. The van der Waals surface area contributed by atoms with E-state index in [1.165, 1.54) is 0 Å². The van der Waals surface area contributed by atoms with Crippen molar-refractivity contribution >= 4 is 28.9 Å². The summed E-state index contributed by atoms with van der Waals surface area (Å²) < 4.78 is 0. The predicted octanol–water partition coefficient (Wildman–Crippen LogP) is 5.23. The Morgan fingerprint density at radius 1 is 1.10 bits per heavy atom. The molecule has 0 aliphatic carbocycles. The number of halogens is 2. The quantitative estimate of drug-likeness (QED) is 0.839. The maximum Gasteiger partial charge on any atom is 0.0669 e. The Morgan fingerprint density at radius 3 is 2.40 bits per heavy atom. The van der Waals surface area contributed by atoms with Gasteiger partial charge in [-0.2, -0.15) is 5.26 Å². The van der Waals surface area contributed by atoms with E-state index in [0.717, 1.165) is 16.8 Å². The van der Waals surface area contributed by atoms with Crippen molar-refractivity contribution in [3.05, 3.63) is 63.6 Å². The smallest absolute Gasteiger partial charge is 0.0669 e. The maximum atomic E-state index is 8.64. The molecule has 2 aromatic rings. The van der Waals surface area contributed by atoms with Crippen LogP contribution in [-0.4, -0.2) is 0 Å². The second kappa shape index (κ2) is 6.65. The second-order valence-electron chi connectivity index (χ2n) is 4.57. The lowest BCUT2D eigenvalue weighted by atomic mass is 10.1. The average Bonchev–Trinajstić information content (AvgIpc) is 2.44. The first-order chi connectivity index (χ1) is 9.60. The van der Waals surface area contributed by atoms with Crippen LogP contribution < -0.4 is 5.32 Å². The van der Waals surface area contributed by atoms with Gasteiger partial charge < -0.3 is 5.32 Å². The van der Waals surface area contributed by atoms with E-state index in [0.29, 0.717) is 16.5 Å². The van der Waals surface area contributed by atoms with Gasteiger partial charge in [-0.25, -0.2) is 0 Å². The van der Waals surface area contributed by atoms with Crippen molar-refractivity contribution in [1.82, 2.24) is 0 Å². The molecule has 0 fully saturated rings. The van der Waals surface area contributed by atoms with Crippen molar-refractivity contribution in [1.29, 1.82) is 5.26 Å². The summed E-state index contributed by atoms with van der Waals surface area (Å²) in [6.45, 7) is 2.06. The van der Waals surface area contributed by atoms with Crippen LogP contribution in [0.5, 0.6) is 0 Å². The number of nitriles is 1. The molecule has 1 N–H and O–H groups in total. The molecule has 0 bridgehead atoms. The second-order valence-corrected chi connectivity index (χ2v) is 5.39. The number of rotatable bonds is 4. The minimum absolute atomic E-state index is 0.117. The first-order valence-corrected chi connectivity index (χ1v) is 7.03. The molecule has 0 heterocycles. The Bertz CT molecular complexity index is 630. The fourth-order valence-corrected chi connectivity index (χ4v) is 2.23. The highest BCUT2D eigenvalue weighted by molar-refractivity contribution is 6.42. The Labute approximate surface area is 128 Å². The number of anilines is 1. The van der Waals surface area contributed by atoms with E-state index in [4.69, 9.17) is 28.5 Å². The molecule has 2 rings (SSSR count). The molecule has 0 saturated heterocycles. The van der Waals surface area contributed by atoms with Gasteiger partial charge in [0.1, 0.15) is 0 Å². The topological polar surface area (TPSA) is 35.8 Å². The van der Waals surface area contributed by atoms with Crippen molar-refractivity contribution in [2.45, 2.75) is 19.4 Å². The fraction of sp³-hybridized carbons (Fsp3) is 0.188. The van der Waals surface area contributed by atoms with Crippen LogP contribution in [0.4, 0.5) is 5.69 Å². The molecular formula is C16H14Cl2N2. The van der Waals surface area contributed by atoms with Crippen LogP contribution in [0.2, 0.25) is 10.0 Å². The molecular weight excluding hydrogens is 291 g/mol. The van der Waals surface area contributed by atoms with Gasteiger partial charge in [0.25, 0.3) is 0 Å². The summed E-state index contributed by atoms with van der Waals surface area (Å²) >= 11 is 11.9. The van der Waals surface area contributed by atoms with E-state index in [9.17, 15) is 0 Å². The Balaban J connectivity index is 2.08. The predicted molar refractivity (Wildman–Crippen MR) is 84.3 cm³/mol. The molecule has 0 saturated carbocycles. The Morgan fingerprint density at radius 2 is 1.80 bits per heavy atom. The SMILES string of the molecule is CC(Nc1ccc(CC#N)cc1)c1ccc(Cl)c(Cl)c1. The van der Waals surface area contributed by atoms with Crippen molar-refractivity contribution in [3.63, 3.8) is 0 Å². The van der Waals surface area contributed by atoms with Gasteiger partial charge in [-0.3, -0.25) is 0 Å². The number of hydrogen-bond acceptors (Lipinski definition) is 2. The highest BCUT2D eigenvalue weighted by Gasteiger charge is 2.07. The summed E-state index contributed by atoms with van der Waals surface area (Å²) in [4.78, 5) is 0. The lowest BCUT2D eigenvalue weighted by Crippen LogP contribution is -2.06. The van der Waals surface area contributed by atoms with Gasteiger partial charge in [0.05, 0.1) is 22.5 Å².